The summed E-state index contributed by atoms with van der Waals surface area (Å²) in [6.45, 7) is 2.12. The number of hydrogen-bond donors (Lipinski definition) is 0. The monoisotopic (exact) mass is 430 g/mol. The van der Waals surface area contributed by atoms with Crippen LogP contribution in [0.5, 0.6) is 11.5 Å². The van der Waals surface area contributed by atoms with E-state index in [1.165, 1.54) is 12.1 Å². The average Bonchev–Trinajstić information content (AvgIpc) is 3.02. The van der Waals surface area contributed by atoms with Crippen molar-refractivity contribution >= 4 is 40.5 Å². The van der Waals surface area contributed by atoms with E-state index >= 15 is 0 Å². The van der Waals surface area contributed by atoms with E-state index in [2.05, 4.69) is 0 Å². The van der Waals surface area contributed by atoms with Gasteiger partial charge in [-0.1, -0.05) is 35.5 Å². The fourth-order valence-electron chi connectivity index (χ4n) is 2.66. The van der Waals surface area contributed by atoms with Crippen LogP contribution in [0.25, 0.3) is 0 Å². The minimum absolute atomic E-state index is 0.0178. The Labute approximate surface area is 176 Å². The van der Waals surface area contributed by atoms with Crippen molar-refractivity contribution in [2.45, 2.75) is 13.5 Å². The number of nitrogens with zero attached hydrogens (tertiary/aromatic N) is 2. The smallest absolute Gasteiger partial charge is 0.343 e. The van der Waals surface area contributed by atoms with Gasteiger partial charge in [0.15, 0.2) is 11.5 Å². The average molecular weight is 431 g/mol. The lowest BCUT2D eigenvalue weighted by Crippen LogP contribution is -2.28. The summed E-state index contributed by atoms with van der Waals surface area (Å²) in [7, 11) is 0. The summed E-state index contributed by atoms with van der Waals surface area (Å²) in [5.41, 5.74) is 1.11. The maximum atomic E-state index is 12.6. The van der Waals surface area contributed by atoms with Crippen molar-refractivity contribution in [3.8, 4) is 17.6 Å². The second kappa shape index (κ2) is 8.99. The van der Waals surface area contributed by atoms with Gasteiger partial charge in [-0.15, -0.1) is 0 Å². The highest BCUT2D eigenvalue weighted by atomic mass is 35.5. The van der Waals surface area contributed by atoms with Crippen molar-refractivity contribution < 1.29 is 23.9 Å². The van der Waals surface area contributed by atoms with Gasteiger partial charge in [0.05, 0.1) is 41.1 Å². The summed E-state index contributed by atoms with van der Waals surface area (Å²) in [6.07, 6.45) is 0. The Kier molecular flexibility index (Phi) is 6.42. The van der Waals surface area contributed by atoms with Crippen LogP contribution < -0.4 is 9.47 Å². The van der Waals surface area contributed by atoms with E-state index in [1.54, 1.807) is 31.2 Å². The SMILES string of the molecule is CCOc1cc(C#N)cc(Cl)c1OC(=O)c1cccc(CN2C(=O)CSC2=O)c1. The van der Waals surface area contributed by atoms with Crippen molar-refractivity contribution in [2.75, 3.05) is 12.4 Å². The molecule has 2 amide bonds. The van der Waals surface area contributed by atoms with Gasteiger partial charge in [0, 0.05) is 6.07 Å². The molecule has 1 aliphatic rings. The van der Waals surface area contributed by atoms with Gasteiger partial charge >= 0.3 is 5.97 Å². The highest BCUT2D eigenvalue weighted by Gasteiger charge is 2.30. The van der Waals surface area contributed by atoms with Crippen LogP contribution in [-0.2, 0) is 11.3 Å². The zero-order chi connectivity index (χ0) is 21.0. The Hall–Kier alpha value is -3.02. The predicted octanol–water partition coefficient (Wildman–Crippen LogP) is 4.02. The van der Waals surface area contributed by atoms with Gasteiger partial charge in [0.2, 0.25) is 5.91 Å². The summed E-state index contributed by atoms with van der Waals surface area (Å²) in [5, 5.41) is 8.83. The van der Waals surface area contributed by atoms with Crippen LogP contribution in [0.2, 0.25) is 5.02 Å². The molecular weight excluding hydrogens is 416 g/mol. The minimum atomic E-state index is -0.687. The standard InChI is InChI=1S/C20H15ClN2O5S/c1-2-27-16-8-13(9-22)7-15(21)18(16)28-19(25)14-5-3-4-12(6-14)10-23-17(24)11-29-20(23)26/h3-8H,2,10-11H2,1H3. The summed E-state index contributed by atoms with van der Waals surface area (Å²) in [4.78, 5) is 37.3. The van der Waals surface area contributed by atoms with Gasteiger partial charge < -0.3 is 9.47 Å². The topological polar surface area (TPSA) is 96.7 Å². The number of ether oxygens (including phenoxy) is 2. The molecule has 1 saturated heterocycles. The zero-order valence-corrected chi connectivity index (χ0v) is 16.9. The number of carbonyl (C=O) groups excluding carboxylic acids is 3. The largest absolute Gasteiger partial charge is 0.490 e. The first-order chi connectivity index (χ1) is 13.9. The van der Waals surface area contributed by atoms with E-state index in [4.69, 9.17) is 26.3 Å². The molecule has 0 saturated carbocycles. The normalized spacial score (nSPS) is 13.3. The highest BCUT2D eigenvalue weighted by Crippen LogP contribution is 2.37. The number of nitriles is 1. The number of amides is 2. The lowest BCUT2D eigenvalue weighted by atomic mass is 10.1. The summed E-state index contributed by atoms with van der Waals surface area (Å²) in [5.74, 6) is -0.625. The van der Waals surface area contributed by atoms with Crippen LogP contribution in [0.1, 0.15) is 28.4 Å². The van der Waals surface area contributed by atoms with Crippen molar-refractivity contribution in [3.63, 3.8) is 0 Å². The van der Waals surface area contributed by atoms with Crippen molar-refractivity contribution in [1.29, 1.82) is 5.26 Å². The van der Waals surface area contributed by atoms with E-state index in [0.29, 0.717) is 12.2 Å². The van der Waals surface area contributed by atoms with Gasteiger partial charge in [-0.25, -0.2) is 4.79 Å². The summed E-state index contributed by atoms with van der Waals surface area (Å²) < 4.78 is 10.9. The number of imide groups is 1. The molecule has 9 heteroatoms. The van der Waals surface area contributed by atoms with Crippen LogP contribution in [-0.4, -0.2) is 34.4 Å². The molecule has 0 N–H and O–H groups in total. The first-order valence-electron chi connectivity index (χ1n) is 8.57. The molecule has 3 rings (SSSR count). The second-order valence-corrected chi connectivity index (χ2v) is 7.29. The molecule has 0 radical (unpaired) electrons. The third kappa shape index (κ3) is 4.70. The fourth-order valence-corrected chi connectivity index (χ4v) is 3.63. The Balaban J connectivity index is 1.82. The van der Waals surface area contributed by atoms with Gasteiger partial charge in [0.1, 0.15) is 0 Å². The Bertz CT molecular complexity index is 1020. The second-order valence-electron chi connectivity index (χ2n) is 5.95. The number of halogens is 1. The van der Waals surface area contributed by atoms with Crippen LogP contribution in [0.4, 0.5) is 4.79 Å². The zero-order valence-electron chi connectivity index (χ0n) is 15.3. The first-order valence-corrected chi connectivity index (χ1v) is 9.94. The first kappa shape index (κ1) is 20.7. The van der Waals surface area contributed by atoms with E-state index < -0.39 is 5.97 Å². The molecule has 0 aliphatic carbocycles. The molecular formula is C20H15ClN2O5S. The van der Waals surface area contributed by atoms with Gasteiger partial charge in [-0.2, -0.15) is 5.26 Å². The third-order valence-corrected chi connectivity index (χ3v) is 5.12. The number of thioether (sulfide) groups is 1. The molecule has 2 aromatic rings. The lowest BCUT2D eigenvalue weighted by Gasteiger charge is -2.14. The molecule has 0 aromatic heterocycles. The minimum Gasteiger partial charge on any atom is -0.490 e. The molecule has 1 aliphatic heterocycles. The van der Waals surface area contributed by atoms with Crippen LogP contribution in [0.15, 0.2) is 36.4 Å². The quantitative estimate of drug-likeness (QED) is 0.504. The van der Waals surface area contributed by atoms with Crippen LogP contribution in [0, 0.1) is 11.3 Å². The van der Waals surface area contributed by atoms with Gasteiger partial charge in [0.25, 0.3) is 5.24 Å². The summed E-state index contributed by atoms with van der Waals surface area (Å²) in [6, 6.07) is 11.2. The fraction of sp³-hybridized carbons (Fsp3) is 0.200. The number of benzene rings is 2. The number of rotatable bonds is 6. The lowest BCUT2D eigenvalue weighted by molar-refractivity contribution is -0.125. The Morgan fingerprint density at radius 1 is 1.31 bits per heavy atom. The maximum absolute atomic E-state index is 12.6. The van der Waals surface area contributed by atoms with Crippen molar-refractivity contribution in [1.82, 2.24) is 4.90 Å². The summed E-state index contributed by atoms with van der Waals surface area (Å²) >= 11 is 7.12. The molecule has 29 heavy (non-hydrogen) atoms. The van der Waals surface area contributed by atoms with Crippen LogP contribution >= 0.6 is 23.4 Å². The third-order valence-electron chi connectivity index (χ3n) is 3.98. The maximum Gasteiger partial charge on any atom is 0.343 e. The number of esters is 1. The van der Waals surface area contributed by atoms with E-state index in [0.717, 1.165) is 16.7 Å². The molecule has 148 valence electrons. The van der Waals surface area contributed by atoms with Crippen molar-refractivity contribution in [2.24, 2.45) is 0 Å². The van der Waals surface area contributed by atoms with E-state index in [1.807, 2.05) is 6.07 Å². The van der Waals surface area contributed by atoms with Crippen molar-refractivity contribution in [3.05, 3.63) is 58.1 Å². The molecule has 2 aromatic carbocycles. The number of hydrogen-bond acceptors (Lipinski definition) is 7. The Morgan fingerprint density at radius 3 is 2.76 bits per heavy atom. The number of carbonyl (C=O) groups is 3. The molecule has 0 atom stereocenters. The van der Waals surface area contributed by atoms with Gasteiger partial charge in [-0.05, 0) is 30.7 Å². The molecule has 0 unspecified atom stereocenters. The molecule has 7 nitrogen and oxygen atoms in total. The predicted molar refractivity (Wildman–Crippen MR) is 107 cm³/mol. The van der Waals surface area contributed by atoms with E-state index in [-0.39, 0.29) is 51.1 Å². The van der Waals surface area contributed by atoms with E-state index in [9.17, 15) is 14.4 Å². The highest BCUT2D eigenvalue weighted by molar-refractivity contribution is 8.14. The van der Waals surface area contributed by atoms with Gasteiger partial charge in [-0.3, -0.25) is 14.5 Å². The molecule has 1 fully saturated rings. The molecule has 0 bridgehead atoms. The molecule has 1 heterocycles. The Morgan fingerprint density at radius 2 is 2.10 bits per heavy atom. The molecule has 0 spiro atoms. The van der Waals surface area contributed by atoms with Crippen LogP contribution in [0.3, 0.4) is 0 Å².